The molecule has 198 valence electrons. The van der Waals surface area contributed by atoms with Crippen LogP contribution >= 0.6 is 0 Å². The molecule has 2 aromatic heterocycles. The minimum absolute atomic E-state index is 0.0160. The summed E-state index contributed by atoms with van der Waals surface area (Å²) in [7, 11) is 1.28. The molecule has 2 N–H and O–H groups in total. The van der Waals surface area contributed by atoms with E-state index in [0.717, 1.165) is 23.1 Å². The molecule has 3 heterocycles. The Hall–Kier alpha value is -4.61. The first-order chi connectivity index (χ1) is 17.7. The number of rotatable bonds is 3. The van der Waals surface area contributed by atoms with Crippen LogP contribution in [-0.2, 0) is 14.3 Å². The van der Waals surface area contributed by atoms with Crippen molar-refractivity contribution in [2.75, 3.05) is 19.3 Å². The summed E-state index contributed by atoms with van der Waals surface area (Å²) in [5.41, 5.74) is 3.14. The monoisotopic (exact) mass is 539 g/mol. The van der Waals surface area contributed by atoms with Gasteiger partial charge in [0.25, 0.3) is 11.5 Å². The van der Waals surface area contributed by atoms with Gasteiger partial charge >= 0.3 is 18.5 Å². The summed E-state index contributed by atoms with van der Waals surface area (Å²) in [5.74, 6) is 0.0991. The number of esters is 1. The quantitative estimate of drug-likeness (QED) is 0.306. The zero-order valence-corrected chi connectivity index (χ0v) is 19.1. The number of hydrogen-bond donors (Lipinski definition) is 1. The lowest BCUT2D eigenvalue weighted by atomic mass is 10.0. The lowest BCUT2D eigenvalue weighted by Crippen LogP contribution is -2.45. The molecule has 1 fully saturated rings. The zero-order valence-electron chi connectivity index (χ0n) is 19.1. The highest BCUT2D eigenvalue weighted by molar-refractivity contribution is 5.94. The summed E-state index contributed by atoms with van der Waals surface area (Å²) in [5, 5.41) is 0.452. The second-order valence-electron chi connectivity index (χ2n) is 8.03. The molecule has 0 saturated carbocycles. The predicted octanol–water partition coefficient (Wildman–Crippen LogP) is 3.23. The summed E-state index contributed by atoms with van der Waals surface area (Å²) in [6, 6.07) is 4.56. The van der Waals surface area contributed by atoms with E-state index in [1.165, 1.54) is 25.5 Å². The number of fused-ring (bicyclic) bond motifs is 1. The lowest BCUT2D eigenvalue weighted by Gasteiger charge is -2.22. The number of alkyl halides is 6. The standard InChI is InChI=1S/C23H15F6N5O4/c1-34-9-7-21(19(34)35,38-20(36)22(24,25)26)6-4-12-2-3-15(37-23(27,28)29)14(10-12)18-32-11-13-5-8-31-17(30)16(13)33-18/h2-3,5,8,10-11H,7,9H2,1H3,(H2,30,31)/t21-/m0/s1. The van der Waals surface area contributed by atoms with E-state index in [-0.39, 0.29) is 41.3 Å². The van der Waals surface area contributed by atoms with Crippen molar-refractivity contribution in [1.29, 1.82) is 0 Å². The Morgan fingerprint density at radius 3 is 2.53 bits per heavy atom. The Morgan fingerprint density at radius 1 is 1.16 bits per heavy atom. The molecule has 1 atom stereocenters. The number of carbonyl (C=O) groups excluding carboxylic acids is 2. The number of nitrogen functional groups attached to an aromatic ring is 1. The SMILES string of the molecule is CN1CC[C@](C#Cc2ccc(OC(F)(F)F)c(-c3ncc4ccnc(N)c4n3)c2)(OC(=O)C(F)(F)F)C1=O. The second-order valence-corrected chi connectivity index (χ2v) is 8.03. The van der Waals surface area contributed by atoms with Crippen molar-refractivity contribution in [3.63, 3.8) is 0 Å². The molecule has 0 aliphatic carbocycles. The molecule has 1 saturated heterocycles. The van der Waals surface area contributed by atoms with Crippen molar-refractivity contribution in [2.45, 2.75) is 24.6 Å². The lowest BCUT2D eigenvalue weighted by molar-refractivity contribution is -0.274. The summed E-state index contributed by atoms with van der Waals surface area (Å²) in [4.78, 5) is 37.2. The zero-order chi connectivity index (χ0) is 27.9. The highest BCUT2D eigenvalue weighted by atomic mass is 19.4. The Labute approximate surface area is 209 Å². The van der Waals surface area contributed by atoms with Crippen LogP contribution in [0, 0.1) is 11.8 Å². The molecule has 9 nitrogen and oxygen atoms in total. The molecular formula is C23H15F6N5O4. The summed E-state index contributed by atoms with van der Waals surface area (Å²) < 4.78 is 86.2. The van der Waals surface area contributed by atoms with Gasteiger partial charge in [0.05, 0.1) is 5.56 Å². The number of ether oxygens (including phenoxy) is 2. The molecule has 15 heteroatoms. The molecule has 3 aromatic rings. The number of amides is 1. The van der Waals surface area contributed by atoms with Gasteiger partial charge in [-0.1, -0.05) is 5.92 Å². The third-order valence-corrected chi connectivity index (χ3v) is 5.37. The average molecular weight is 539 g/mol. The van der Waals surface area contributed by atoms with Crippen LogP contribution in [0.2, 0.25) is 0 Å². The van der Waals surface area contributed by atoms with Gasteiger partial charge in [-0.05, 0) is 30.2 Å². The van der Waals surface area contributed by atoms with Crippen molar-refractivity contribution in [3.8, 4) is 29.0 Å². The number of halogens is 6. The van der Waals surface area contributed by atoms with Crippen LogP contribution in [0.3, 0.4) is 0 Å². The average Bonchev–Trinajstić information content (AvgIpc) is 3.11. The smallest absolute Gasteiger partial charge is 0.429 e. The molecule has 1 aliphatic rings. The summed E-state index contributed by atoms with van der Waals surface area (Å²) in [6.45, 7) is -0.0529. The van der Waals surface area contributed by atoms with E-state index in [1.54, 1.807) is 0 Å². The first kappa shape index (κ1) is 26.5. The number of likely N-dealkylation sites (tertiary alicyclic amines) is 1. The van der Waals surface area contributed by atoms with Gasteiger partial charge in [-0.25, -0.2) is 19.7 Å². The largest absolute Gasteiger partial charge is 0.573 e. The fourth-order valence-electron chi connectivity index (χ4n) is 3.57. The third kappa shape index (κ3) is 5.38. The second kappa shape index (κ2) is 9.36. The van der Waals surface area contributed by atoms with Crippen LogP contribution in [0.15, 0.2) is 36.7 Å². The third-order valence-electron chi connectivity index (χ3n) is 5.37. The molecule has 38 heavy (non-hydrogen) atoms. The fraction of sp³-hybridized carbons (Fsp3) is 0.261. The van der Waals surface area contributed by atoms with Crippen LogP contribution in [0.5, 0.6) is 5.75 Å². The fourth-order valence-corrected chi connectivity index (χ4v) is 3.57. The number of pyridine rings is 1. The first-order valence-electron chi connectivity index (χ1n) is 10.5. The minimum Gasteiger partial charge on any atom is -0.429 e. The number of benzene rings is 1. The van der Waals surface area contributed by atoms with Crippen LogP contribution in [0.4, 0.5) is 32.2 Å². The minimum atomic E-state index is -5.38. The van der Waals surface area contributed by atoms with E-state index in [2.05, 4.69) is 36.3 Å². The molecule has 0 unspecified atom stereocenters. The number of nitrogens with two attached hydrogens (primary N) is 1. The topological polar surface area (TPSA) is 121 Å². The molecular weight excluding hydrogens is 524 g/mol. The molecule has 0 radical (unpaired) electrons. The van der Waals surface area contributed by atoms with E-state index in [1.807, 2.05) is 0 Å². The highest BCUT2D eigenvalue weighted by Gasteiger charge is 2.53. The van der Waals surface area contributed by atoms with E-state index in [4.69, 9.17) is 5.73 Å². The van der Waals surface area contributed by atoms with Gasteiger partial charge in [-0.3, -0.25) is 4.79 Å². The normalized spacial score (nSPS) is 17.8. The van der Waals surface area contributed by atoms with E-state index >= 15 is 0 Å². The van der Waals surface area contributed by atoms with Crippen molar-refractivity contribution in [1.82, 2.24) is 19.9 Å². The van der Waals surface area contributed by atoms with Crippen molar-refractivity contribution < 1.29 is 45.4 Å². The molecule has 0 spiro atoms. The number of nitrogens with zero attached hydrogens (tertiary/aromatic N) is 4. The highest BCUT2D eigenvalue weighted by Crippen LogP contribution is 2.34. The van der Waals surface area contributed by atoms with Gasteiger partial charge in [0.2, 0.25) is 0 Å². The van der Waals surface area contributed by atoms with Gasteiger partial charge in [0, 0.05) is 43.4 Å². The van der Waals surface area contributed by atoms with Gasteiger partial charge < -0.3 is 20.1 Å². The Kier molecular flexibility index (Phi) is 6.52. The predicted molar refractivity (Wildman–Crippen MR) is 118 cm³/mol. The first-order valence-corrected chi connectivity index (χ1v) is 10.5. The maximum absolute atomic E-state index is 13.1. The van der Waals surface area contributed by atoms with E-state index in [0.29, 0.717) is 5.39 Å². The maximum atomic E-state index is 13.1. The molecule has 1 aromatic carbocycles. The maximum Gasteiger partial charge on any atom is 0.573 e. The Bertz CT molecular complexity index is 1500. The van der Waals surface area contributed by atoms with Gasteiger partial charge in [0.1, 0.15) is 17.1 Å². The number of anilines is 1. The number of hydrogen-bond acceptors (Lipinski definition) is 8. The van der Waals surface area contributed by atoms with E-state index < -0.39 is 35.8 Å². The van der Waals surface area contributed by atoms with Crippen molar-refractivity contribution in [2.24, 2.45) is 0 Å². The van der Waals surface area contributed by atoms with Crippen LogP contribution in [-0.4, -0.2) is 63.5 Å². The number of carbonyl (C=O) groups is 2. The van der Waals surface area contributed by atoms with Gasteiger partial charge in [-0.15, -0.1) is 13.2 Å². The van der Waals surface area contributed by atoms with E-state index in [9.17, 15) is 35.9 Å². The summed E-state index contributed by atoms with van der Waals surface area (Å²) >= 11 is 0. The van der Waals surface area contributed by atoms with Crippen molar-refractivity contribution >= 4 is 28.6 Å². The van der Waals surface area contributed by atoms with Crippen LogP contribution < -0.4 is 10.5 Å². The number of aromatic nitrogens is 3. The van der Waals surface area contributed by atoms with Crippen LogP contribution in [0.1, 0.15) is 12.0 Å². The van der Waals surface area contributed by atoms with Gasteiger partial charge in [0.15, 0.2) is 5.82 Å². The molecule has 4 rings (SSSR count). The summed E-state index contributed by atoms with van der Waals surface area (Å²) in [6.07, 6.45) is -8.15. The molecule has 1 amide bonds. The van der Waals surface area contributed by atoms with Crippen molar-refractivity contribution in [3.05, 3.63) is 42.2 Å². The molecule has 1 aliphatic heterocycles. The Morgan fingerprint density at radius 2 is 1.89 bits per heavy atom. The number of likely N-dealkylation sites (N-methyl/N-ethyl adjacent to an activating group) is 1. The van der Waals surface area contributed by atoms with Crippen LogP contribution in [0.25, 0.3) is 22.3 Å². The molecule has 0 bridgehead atoms. The Balaban J connectivity index is 1.81. The van der Waals surface area contributed by atoms with Gasteiger partial charge in [-0.2, -0.15) is 13.2 Å².